The predicted octanol–water partition coefficient (Wildman–Crippen LogP) is 0.933. The first-order chi connectivity index (χ1) is 8.75. The fourth-order valence-electron chi connectivity index (χ4n) is 2.79. The van der Waals surface area contributed by atoms with Crippen LogP contribution in [0.4, 0.5) is 5.82 Å². The van der Waals surface area contributed by atoms with E-state index in [0.29, 0.717) is 18.8 Å². The van der Waals surface area contributed by atoms with Crippen LogP contribution >= 0.6 is 0 Å². The normalized spacial score (nSPS) is 27.0. The summed E-state index contributed by atoms with van der Waals surface area (Å²) in [5.74, 6) is -0.296. The minimum atomic E-state index is -1.05. The molecule has 2 unspecified atom stereocenters. The van der Waals surface area contributed by atoms with E-state index in [1.54, 1.807) is 6.20 Å². The lowest BCUT2D eigenvalue weighted by molar-refractivity contribution is 0.0253. The predicted molar refractivity (Wildman–Crippen MR) is 63.7 cm³/mol. The molecule has 3 rings (SSSR count). The van der Waals surface area contributed by atoms with Gasteiger partial charge in [0.15, 0.2) is 5.69 Å². The zero-order chi connectivity index (χ0) is 12.5. The van der Waals surface area contributed by atoms with Crippen molar-refractivity contribution in [3.8, 4) is 0 Å². The average Bonchev–Trinajstić information content (AvgIpc) is 2.87. The molecule has 2 heterocycles. The first-order valence-electron chi connectivity index (χ1n) is 6.19. The lowest BCUT2D eigenvalue weighted by Crippen LogP contribution is -2.49. The Labute approximate surface area is 105 Å². The first kappa shape index (κ1) is 11.4. The summed E-state index contributed by atoms with van der Waals surface area (Å²) >= 11 is 0. The van der Waals surface area contributed by atoms with E-state index < -0.39 is 5.97 Å². The molecule has 1 N–H and O–H groups in total. The van der Waals surface area contributed by atoms with Crippen molar-refractivity contribution in [2.24, 2.45) is 0 Å². The van der Waals surface area contributed by atoms with E-state index in [-0.39, 0.29) is 5.69 Å². The van der Waals surface area contributed by atoms with Gasteiger partial charge in [-0.1, -0.05) is 0 Å². The van der Waals surface area contributed by atoms with E-state index in [4.69, 9.17) is 9.84 Å². The number of carboxylic acid groups (broad SMARTS) is 1. The monoisotopic (exact) mass is 249 g/mol. The molecule has 1 aromatic heterocycles. The summed E-state index contributed by atoms with van der Waals surface area (Å²) < 4.78 is 5.73. The average molecular weight is 249 g/mol. The molecule has 1 aromatic rings. The highest BCUT2D eigenvalue weighted by Crippen LogP contribution is 2.31. The van der Waals surface area contributed by atoms with Crippen LogP contribution in [-0.2, 0) is 4.74 Å². The Morgan fingerprint density at radius 3 is 3.00 bits per heavy atom. The van der Waals surface area contributed by atoms with Crippen molar-refractivity contribution in [3.05, 3.63) is 18.1 Å². The molecule has 1 saturated heterocycles. The Bertz CT molecular complexity index is 448. The fraction of sp³-hybridized carbons (Fsp3) is 0.583. The molecule has 0 bridgehead atoms. The molecule has 18 heavy (non-hydrogen) atoms. The summed E-state index contributed by atoms with van der Waals surface area (Å²) in [6, 6.07) is 0.365. The number of anilines is 1. The fourth-order valence-corrected chi connectivity index (χ4v) is 2.79. The van der Waals surface area contributed by atoms with Crippen molar-refractivity contribution >= 4 is 11.8 Å². The molecule has 0 aromatic carbocycles. The van der Waals surface area contributed by atoms with Crippen molar-refractivity contribution in [2.45, 2.75) is 31.4 Å². The number of hydrogen-bond acceptors (Lipinski definition) is 5. The van der Waals surface area contributed by atoms with Gasteiger partial charge in [0.2, 0.25) is 0 Å². The first-order valence-corrected chi connectivity index (χ1v) is 6.19. The summed E-state index contributed by atoms with van der Waals surface area (Å²) in [6.07, 6.45) is 6.53. The lowest BCUT2D eigenvalue weighted by Gasteiger charge is -2.38. The molecule has 0 amide bonds. The molecule has 96 valence electrons. The Morgan fingerprint density at radius 1 is 1.39 bits per heavy atom. The van der Waals surface area contributed by atoms with Crippen LogP contribution in [0.15, 0.2) is 12.4 Å². The summed E-state index contributed by atoms with van der Waals surface area (Å²) in [6.45, 7) is 1.49. The van der Waals surface area contributed by atoms with Gasteiger partial charge in [-0.05, 0) is 19.3 Å². The molecule has 1 aliphatic carbocycles. The Balaban J connectivity index is 1.82. The molecule has 1 saturated carbocycles. The van der Waals surface area contributed by atoms with Crippen LogP contribution in [0.3, 0.4) is 0 Å². The number of morpholine rings is 1. The highest BCUT2D eigenvalue weighted by molar-refractivity contribution is 5.84. The van der Waals surface area contributed by atoms with Crippen molar-refractivity contribution in [2.75, 3.05) is 18.1 Å². The van der Waals surface area contributed by atoms with Crippen molar-refractivity contribution in [3.63, 3.8) is 0 Å². The maximum Gasteiger partial charge on any atom is 0.356 e. The third-order valence-electron chi connectivity index (χ3n) is 3.63. The molecule has 6 heteroatoms. The molecule has 1 aliphatic heterocycles. The van der Waals surface area contributed by atoms with Gasteiger partial charge < -0.3 is 14.7 Å². The summed E-state index contributed by atoms with van der Waals surface area (Å²) in [4.78, 5) is 21.1. The van der Waals surface area contributed by atoms with Crippen LogP contribution in [-0.4, -0.2) is 46.3 Å². The molecular formula is C12H15N3O3. The second-order valence-electron chi connectivity index (χ2n) is 4.67. The minimum absolute atomic E-state index is 0.0185. The zero-order valence-corrected chi connectivity index (χ0v) is 9.95. The Kier molecular flexibility index (Phi) is 2.87. The largest absolute Gasteiger partial charge is 0.476 e. The summed E-state index contributed by atoms with van der Waals surface area (Å²) in [7, 11) is 0. The molecule has 0 radical (unpaired) electrons. The van der Waals surface area contributed by atoms with Crippen LogP contribution in [0.2, 0.25) is 0 Å². The van der Waals surface area contributed by atoms with E-state index in [0.717, 1.165) is 25.2 Å². The maximum absolute atomic E-state index is 10.7. The quantitative estimate of drug-likeness (QED) is 0.840. The highest BCUT2D eigenvalue weighted by Gasteiger charge is 2.36. The van der Waals surface area contributed by atoms with Crippen LogP contribution in [0.5, 0.6) is 0 Å². The van der Waals surface area contributed by atoms with Gasteiger partial charge in [0.05, 0.1) is 31.1 Å². The second kappa shape index (κ2) is 4.53. The molecule has 6 nitrogen and oxygen atoms in total. The molecule has 2 atom stereocenters. The molecular weight excluding hydrogens is 234 g/mol. The number of rotatable bonds is 2. The smallest absolute Gasteiger partial charge is 0.356 e. The van der Waals surface area contributed by atoms with Crippen molar-refractivity contribution in [1.29, 1.82) is 0 Å². The number of fused-ring (bicyclic) bond motifs is 1. The van der Waals surface area contributed by atoms with Gasteiger partial charge in [-0.3, -0.25) is 0 Å². The van der Waals surface area contributed by atoms with Crippen molar-refractivity contribution < 1.29 is 14.6 Å². The third-order valence-corrected chi connectivity index (χ3v) is 3.63. The van der Waals surface area contributed by atoms with Crippen LogP contribution in [0.25, 0.3) is 0 Å². The van der Waals surface area contributed by atoms with E-state index in [1.807, 2.05) is 0 Å². The lowest BCUT2D eigenvalue weighted by atomic mass is 10.1. The minimum Gasteiger partial charge on any atom is -0.476 e. The van der Waals surface area contributed by atoms with E-state index in [2.05, 4.69) is 14.9 Å². The number of nitrogens with zero attached hydrogens (tertiary/aromatic N) is 3. The topological polar surface area (TPSA) is 75.5 Å². The SMILES string of the molecule is O=C(O)c1cnc(N2CCOC3CCCC32)cn1. The van der Waals surface area contributed by atoms with Gasteiger partial charge in [0, 0.05) is 6.54 Å². The van der Waals surface area contributed by atoms with Gasteiger partial charge in [0.1, 0.15) is 5.82 Å². The summed E-state index contributed by atoms with van der Waals surface area (Å²) in [5, 5.41) is 8.80. The van der Waals surface area contributed by atoms with Crippen molar-refractivity contribution in [1.82, 2.24) is 9.97 Å². The van der Waals surface area contributed by atoms with Gasteiger partial charge in [-0.15, -0.1) is 0 Å². The molecule has 2 aliphatic rings. The third kappa shape index (κ3) is 1.92. The van der Waals surface area contributed by atoms with Gasteiger partial charge in [-0.2, -0.15) is 0 Å². The Morgan fingerprint density at radius 2 is 2.28 bits per heavy atom. The summed E-state index contributed by atoms with van der Waals surface area (Å²) in [5.41, 5.74) is -0.0185. The number of hydrogen-bond donors (Lipinski definition) is 1. The van der Waals surface area contributed by atoms with E-state index in [1.165, 1.54) is 12.6 Å². The maximum atomic E-state index is 10.7. The number of carboxylic acids is 1. The Hall–Kier alpha value is -1.69. The highest BCUT2D eigenvalue weighted by atomic mass is 16.5. The van der Waals surface area contributed by atoms with Crippen LogP contribution in [0.1, 0.15) is 29.8 Å². The van der Waals surface area contributed by atoms with Gasteiger partial charge in [-0.25, -0.2) is 14.8 Å². The van der Waals surface area contributed by atoms with E-state index >= 15 is 0 Å². The van der Waals surface area contributed by atoms with Crippen LogP contribution in [0, 0.1) is 0 Å². The van der Waals surface area contributed by atoms with Gasteiger partial charge >= 0.3 is 5.97 Å². The zero-order valence-electron chi connectivity index (χ0n) is 9.95. The van der Waals surface area contributed by atoms with Gasteiger partial charge in [0.25, 0.3) is 0 Å². The molecule has 0 spiro atoms. The standard InChI is InChI=1S/C12H15N3O3/c16-12(17)8-6-14-11(7-13-8)15-4-5-18-10-3-1-2-9(10)15/h6-7,9-10H,1-5H2,(H,16,17). The van der Waals surface area contributed by atoms with E-state index in [9.17, 15) is 4.79 Å². The van der Waals surface area contributed by atoms with Crippen LogP contribution < -0.4 is 4.90 Å². The second-order valence-corrected chi connectivity index (χ2v) is 4.67. The number of carbonyl (C=O) groups is 1. The molecule has 2 fully saturated rings. The number of aromatic nitrogens is 2. The number of ether oxygens (including phenoxy) is 1. The number of aromatic carboxylic acids is 1.